The second kappa shape index (κ2) is 6.18. The molecule has 2 aromatic carbocycles. The smallest absolute Gasteiger partial charge is 0.123 e. The van der Waals surface area contributed by atoms with Gasteiger partial charge in [-0.3, -0.25) is 0 Å². The van der Waals surface area contributed by atoms with E-state index < -0.39 is 0 Å². The summed E-state index contributed by atoms with van der Waals surface area (Å²) in [6.45, 7) is 0. The monoisotopic (exact) mass is 390 g/mol. The van der Waals surface area contributed by atoms with E-state index >= 15 is 0 Å². The molecule has 0 aromatic heterocycles. The SMILES string of the molecule is Fc1ccc(CC(Br)c2cccc(Br)c2Cl)cc1. The van der Waals surface area contributed by atoms with Crippen LogP contribution in [0.4, 0.5) is 4.39 Å². The van der Waals surface area contributed by atoms with Crippen LogP contribution in [0.2, 0.25) is 5.02 Å². The van der Waals surface area contributed by atoms with E-state index in [0.29, 0.717) is 5.02 Å². The molecule has 0 saturated carbocycles. The maximum Gasteiger partial charge on any atom is 0.123 e. The number of alkyl halides is 1. The van der Waals surface area contributed by atoms with Gasteiger partial charge in [-0.1, -0.05) is 51.8 Å². The second-order valence-corrected chi connectivity index (χ2v) is 6.28. The molecule has 2 rings (SSSR count). The summed E-state index contributed by atoms with van der Waals surface area (Å²) in [5.41, 5.74) is 2.09. The van der Waals surface area contributed by atoms with Crippen molar-refractivity contribution in [3.8, 4) is 0 Å². The van der Waals surface area contributed by atoms with E-state index in [2.05, 4.69) is 31.9 Å². The van der Waals surface area contributed by atoms with E-state index in [9.17, 15) is 4.39 Å². The lowest BCUT2D eigenvalue weighted by molar-refractivity contribution is 0.627. The van der Waals surface area contributed by atoms with E-state index in [1.807, 2.05) is 18.2 Å². The molecular formula is C14H10Br2ClF. The van der Waals surface area contributed by atoms with Crippen molar-refractivity contribution in [2.75, 3.05) is 0 Å². The fourth-order valence-corrected chi connectivity index (χ4v) is 3.23. The highest BCUT2D eigenvalue weighted by Crippen LogP contribution is 2.36. The first kappa shape index (κ1) is 14.0. The lowest BCUT2D eigenvalue weighted by Crippen LogP contribution is -1.97. The summed E-state index contributed by atoms with van der Waals surface area (Å²) in [6, 6.07) is 12.4. The average molecular weight is 392 g/mol. The highest BCUT2D eigenvalue weighted by molar-refractivity contribution is 9.10. The Kier molecular flexibility index (Phi) is 4.82. The standard InChI is InChI=1S/C14H10Br2ClF/c15-12-3-1-2-11(14(12)17)13(16)8-9-4-6-10(18)7-5-9/h1-7,13H,8H2. The summed E-state index contributed by atoms with van der Waals surface area (Å²) < 4.78 is 13.7. The van der Waals surface area contributed by atoms with Gasteiger partial charge in [-0.25, -0.2) is 4.39 Å². The molecule has 0 radical (unpaired) electrons. The van der Waals surface area contributed by atoms with Gasteiger partial charge in [0.15, 0.2) is 0 Å². The van der Waals surface area contributed by atoms with Gasteiger partial charge in [-0.05, 0) is 51.7 Å². The van der Waals surface area contributed by atoms with E-state index in [4.69, 9.17) is 11.6 Å². The fourth-order valence-electron chi connectivity index (χ4n) is 1.70. The van der Waals surface area contributed by atoms with Crippen LogP contribution in [0.25, 0.3) is 0 Å². The van der Waals surface area contributed by atoms with Crippen molar-refractivity contribution in [1.29, 1.82) is 0 Å². The average Bonchev–Trinajstić information content (AvgIpc) is 2.35. The number of hydrogen-bond acceptors (Lipinski definition) is 0. The number of benzene rings is 2. The lowest BCUT2D eigenvalue weighted by Gasteiger charge is -2.13. The molecule has 1 unspecified atom stereocenters. The second-order valence-electron chi connectivity index (χ2n) is 3.94. The summed E-state index contributed by atoms with van der Waals surface area (Å²) in [5.74, 6) is -0.217. The molecule has 0 aliphatic rings. The van der Waals surface area contributed by atoms with E-state index in [-0.39, 0.29) is 10.6 Å². The summed E-state index contributed by atoms with van der Waals surface area (Å²) in [7, 11) is 0. The molecule has 0 aliphatic carbocycles. The Hall–Kier alpha value is -0.380. The van der Waals surface area contributed by atoms with Crippen LogP contribution in [-0.2, 0) is 6.42 Å². The molecule has 0 fully saturated rings. The third-order valence-electron chi connectivity index (χ3n) is 2.65. The Labute approximate surface area is 127 Å². The quantitative estimate of drug-likeness (QED) is 0.569. The van der Waals surface area contributed by atoms with Crippen LogP contribution in [0.15, 0.2) is 46.9 Å². The predicted octanol–water partition coefficient (Wildman–Crippen LogP) is 5.92. The van der Waals surface area contributed by atoms with Gasteiger partial charge >= 0.3 is 0 Å². The molecular weight excluding hydrogens is 382 g/mol. The zero-order valence-corrected chi connectivity index (χ0v) is 13.3. The molecule has 0 spiro atoms. The highest BCUT2D eigenvalue weighted by Gasteiger charge is 2.13. The van der Waals surface area contributed by atoms with Crippen molar-refractivity contribution < 1.29 is 4.39 Å². The molecule has 4 heteroatoms. The summed E-state index contributed by atoms with van der Waals surface area (Å²) in [6.07, 6.45) is 0.760. The Morgan fingerprint density at radius 3 is 2.44 bits per heavy atom. The minimum atomic E-state index is -0.217. The summed E-state index contributed by atoms with van der Waals surface area (Å²) >= 11 is 13.3. The van der Waals surface area contributed by atoms with Crippen LogP contribution in [0.5, 0.6) is 0 Å². The van der Waals surface area contributed by atoms with Gasteiger partial charge in [-0.2, -0.15) is 0 Å². The Morgan fingerprint density at radius 1 is 1.11 bits per heavy atom. The highest BCUT2D eigenvalue weighted by atomic mass is 79.9. The third kappa shape index (κ3) is 3.34. The van der Waals surface area contributed by atoms with Crippen molar-refractivity contribution in [3.63, 3.8) is 0 Å². The lowest BCUT2D eigenvalue weighted by atomic mass is 10.0. The van der Waals surface area contributed by atoms with Crippen LogP contribution < -0.4 is 0 Å². The van der Waals surface area contributed by atoms with E-state index in [1.54, 1.807) is 12.1 Å². The van der Waals surface area contributed by atoms with Gasteiger partial charge < -0.3 is 0 Å². The number of halogens is 4. The van der Waals surface area contributed by atoms with Gasteiger partial charge in [0, 0.05) is 9.30 Å². The van der Waals surface area contributed by atoms with Crippen molar-refractivity contribution in [2.24, 2.45) is 0 Å². The van der Waals surface area contributed by atoms with Crippen LogP contribution >= 0.6 is 43.5 Å². The van der Waals surface area contributed by atoms with E-state index in [0.717, 1.165) is 22.0 Å². The summed E-state index contributed by atoms with van der Waals surface area (Å²) in [5, 5.41) is 0.710. The maximum absolute atomic E-state index is 12.8. The number of rotatable bonds is 3. The van der Waals surface area contributed by atoms with Gasteiger partial charge in [0.25, 0.3) is 0 Å². The fraction of sp³-hybridized carbons (Fsp3) is 0.143. The first-order valence-electron chi connectivity index (χ1n) is 5.40. The molecule has 1 atom stereocenters. The van der Waals surface area contributed by atoms with Crippen molar-refractivity contribution in [3.05, 3.63) is 68.9 Å². The van der Waals surface area contributed by atoms with Crippen LogP contribution in [-0.4, -0.2) is 0 Å². The molecule has 18 heavy (non-hydrogen) atoms. The van der Waals surface area contributed by atoms with Gasteiger partial charge in [0.2, 0.25) is 0 Å². The summed E-state index contributed by atoms with van der Waals surface area (Å²) in [4.78, 5) is 0.105. The van der Waals surface area contributed by atoms with Crippen LogP contribution in [0, 0.1) is 5.82 Å². The van der Waals surface area contributed by atoms with Gasteiger partial charge in [0.05, 0.1) is 5.02 Å². The first-order valence-corrected chi connectivity index (χ1v) is 7.49. The molecule has 0 N–H and O–H groups in total. The van der Waals surface area contributed by atoms with Crippen molar-refractivity contribution in [1.82, 2.24) is 0 Å². The third-order valence-corrected chi connectivity index (χ3v) is 4.78. The predicted molar refractivity (Wildman–Crippen MR) is 80.9 cm³/mol. The minimum absolute atomic E-state index is 0.105. The molecule has 2 aromatic rings. The molecule has 0 aliphatic heterocycles. The maximum atomic E-state index is 12.8. The molecule has 0 saturated heterocycles. The van der Waals surface area contributed by atoms with Gasteiger partial charge in [0.1, 0.15) is 5.82 Å². The van der Waals surface area contributed by atoms with Crippen LogP contribution in [0.1, 0.15) is 16.0 Å². The first-order chi connectivity index (χ1) is 8.58. The topological polar surface area (TPSA) is 0 Å². The molecule has 0 heterocycles. The zero-order valence-electron chi connectivity index (χ0n) is 9.34. The Balaban J connectivity index is 2.19. The normalized spacial score (nSPS) is 12.4. The Morgan fingerprint density at radius 2 is 1.78 bits per heavy atom. The zero-order chi connectivity index (χ0) is 13.1. The minimum Gasteiger partial charge on any atom is -0.207 e. The molecule has 94 valence electrons. The van der Waals surface area contributed by atoms with Crippen molar-refractivity contribution >= 4 is 43.5 Å². The molecule has 0 amide bonds. The van der Waals surface area contributed by atoms with E-state index in [1.165, 1.54) is 12.1 Å². The largest absolute Gasteiger partial charge is 0.207 e. The molecule has 0 bridgehead atoms. The molecule has 0 nitrogen and oxygen atoms in total. The van der Waals surface area contributed by atoms with Gasteiger partial charge in [-0.15, -0.1) is 0 Å². The Bertz CT molecular complexity index is 540. The van der Waals surface area contributed by atoms with Crippen LogP contribution in [0.3, 0.4) is 0 Å². The number of hydrogen-bond donors (Lipinski definition) is 0. The van der Waals surface area contributed by atoms with Crippen molar-refractivity contribution in [2.45, 2.75) is 11.2 Å².